The SMILES string of the molecule is N#CCC(F)(C(=O)O)C(=O)O. The van der Waals surface area contributed by atoms with E-state index in [0.717, 1.165) is 6.07 Å². The molecule has 0 atom stereocenters. The Morgan fingerprint density at radius 3 is 1.91 bits per heavy atom. The topological polar surface area (TPSA) is 98.4 Å². The third-order valence-electron chi connectivity index (χ3n) is 1.00. The van der Waals surface area contributed by atoms with Crippen LogP contribution in [0, 0.1) is 11.3 Å². The zero-order chi connectivity index (χ0) is 9.07. The molecule has 0 aliphatic rings. The molecule has 0 fully saturated rings. The van der Waals surface area contributed by atoms with E-state index in [1.807, 2.05) is 0 Å². The Kier molecular flexibility index (Phi) is 2.52. The molecule has 6 heteroatoms. The molecule has 0 rings (SSSR count). The molecular formula is C5H4FNO4. The molecule has 0 amide bonds. The number of nitrogens with zero attached hydrogens (tertiary/aromatic N) is 1. The molecule has 0 saturated heterocycles. The van der Waals surface area contributed by atoms with Gasteiger partial charge in [-0.2, -0.15) is 5.26 Å². The summed E-state index contributed by atoms with van der Waals surface area (Å²) in [6, 6.07) is 1.13. The highest BCUT2D eigenvalue weighted by molar-refractivity contribution is 6.01. The number of aliphatic carboxylic acids is 2. The van der Waals surface area contributed by atoms with Gasteiger partial charge in [0.15, 0.2) is 0 Å². The summed E-state index contributed by atoms with van der Waals surface area (Å²) in [6.07, 6.45) is -1.20. The van der Waals surface area contributed by atoms with E-state index in [1.54, 1.807) is 0 Å². The van der Waals surface area contributed by atoms with Gasteiger partial charge in [-0.15, -0.1) is 0 Å². The van der Waals surface area contributed by atoms with Crippen LogP contribution >= 0.6 is 0 Å². The zero-order valence-electron chi connectivity index (χ0n) is 5.24. The molecule has 0 radical (unpaired) electrons. The Bertz CT molecular complexity index is 217. The summed E-state index contributed by atoms with van der Waals surface area (Å²) in [4.78, 5) is 19.9. The molecule has 0 aromatic heterocycles. The van der Waals surface area contributed by atoms with E-state index in [2.05, 4.69) is 0 Å². The standard InChI is InChI=1S/C5H4FNO4/c6-5(1-2-7,3(8)9)4(10)11/h1H2,(H,8,9)(H,10,11). The number of rotatable bonds is 3. The lowest BCUT2D eigenvalue weighted by Crippen LogP contribution is -2.41. The van der Waals surface area contributed by atoms with Crippen LogP contribution in [0.15, 0.2) is 0 Å². The van der Waals surface area contributed by atoms with Gasteiger partial charge in [0.1, 0.15) is 0 Å². The Morgan fingerprint density at radius 1 is 1.45 bits per heavy atom. The Balaban J connectivity index is 4.70. The minimum atomic E-state index is -3.48. The minimum Gasteiger partial charge on any atom is -0.478 e. The van der Waals surface area contributed by atoms with E-state index in [9.17, 15) is 14.0 Å². The van der Waals surface area contributed by atoms with Gasteiger partial charge in [-0.3, -0.25) is 0 Å². The number of carboxylic acids is 2. The number of nitriles is 1. The molecule has 0 aliphatic carbocycles. The summed E-state index contributed by atoms with van der Waals surface area (Å²) in [5.74, 6) is -4.32. The fraction of sp³-hybridized carbons (Fsp3) is 0.400. The molecule has 0 saturated carbocycles. The number of hydrogen-bond donors (Lipinski definition) is 2. The summed E-state index contributed by atoms with van der Waals surface area (Å²) in [6.45, 7) is 0. The van der Waals surface area contributed by atoms with Gasteiger partial charge in [-0.25, -0.2) is 14.0 Å². The van der Waals surface area contributed by atoms with Gasteiger partial charge in [0.2, 0.25) is 0 Å². The maximum absolute atomic E-state index is 12.6. The third-order valence-corrected chi connectivity index (χ3v) is 1.00. The molecule has 0 heterocycles. The van der Waals surface area contributed by atoms with Gasteiger partial charge < -0.3 is 10.2 Å². The van der Waals surface area contributed by atoms with E-state index in [1.165, 1.54) is 0 Å². The van der Waals surface area contributed by atoms with E-state index in [4.69, 9.17) is 15.5 Å². The monoisotopic (exact) mass is 161 g/mol. The van der Waals surface area contributed by atoms with Crippen molar-refractivity contribution in [3.05, 3.63) is 0 Å². The summed E-state index contributed by atoms with van der Waals surface area (Å²) >= 11 is 0. The molecule has 0 unspecified atom stereocenters. The number of carbonyl (C=O) groups is 2. The van der Waals surface area contributed by atoms with Crippen molar-refractivity contribution < 1.29 is 24.2 Å². The molecule has 0 aliphatic heterocycles. The van der Waals surface area contributed by atoms with Crippen LogP contribution in [0.1, 0.15) is 6.42 Å². The van der Waals surface area contributed by atoms with Gasteiger partial charge in [-0.1, -0.05) is 0 Å². The Morgan fingerprint density at radius 2 is 1.82 bits per heavy atom. The van der Waals surface area contributed by atoms with Gasteiger partial charge in [0.05, 0.1) is 12.5 Å². The predicted octanol–water partition coefficient (Wildman–Crippen LogP) is -0.222. The van der Waals surface area contributed by atoms with Gasteiger partial charge >= 0.3 is 17.6 Å². The molecule has 0 aromatic carbocycles. The van der Waals surface area contributed by atoms with Gasteiger partial charge in [-0.05, 0) is 0 Å². The van der Waals surface area contributed by atoms with Crippen molar-refractivity contribution in [3.63, 3.8) is 0 Å². The number of hydrogen-bond acceptors (Lipinski definition) is 3. The fourth-order valence-corrected chi connectivity index (χ4v) is 0.352. The highest BCUT2D eigenvalue weighted by Gasteiger charge is 2.47. The van der Waals surface area contributed by atoms with Crippen LogP contribution in [0.2, 0.25) is 0 Å². The maximum atomic E-state index is 12.6. The second-order valence-corrected chi connectivity index (χ2v) is 1.75. The van der Waals surface area contributed by atoms with E-state index >= 15 is 0 Å². The molecule has 5 nitrogen and oxygen atoms in total. The van der Waals surface area contributed by atoms with Crippen LogP contribution in [-0.2, 0) is 9.59 Å². The summed E-state index contributed by atoms with van der Waals surface area (Å²) in [5.41, 5.74) is -3.48. The van der Waals surface area contributed by atoms with Gasteiger partial charge in [0, 0.05) is 0 Å². The first-order valence-electron chi connectivity index (χ1n) is 2.48. The number of halogens is 1. The normalized spacial score (nSPS) is 10.2. The quantitative estimate of drug-likeness (QED) is 0.557. The summed E-state index contributed by atoms with van der Waals surface area (Å²) in [5, 5.41) is 23.9. The lowest BCUT2D eigenvalue weighted by atomic mass is 10.0. The first-order chi connectivity index (χ1) is 4.95. The third kappa shape index (κ3) is 1.64. The molecule has 60 valence electrons. The van der Waals surface area contributed by atoms with Crippen LogP contribution in [0.3, 0.4) is 0 Å². The molecular weight excluding hydrogens is 157 g/mol. The number of alkyl halides is 1. The smallest absolute Gasteiger partial charge is 0.354 e. The highest BCUT2D eigenvalue weighted by Crippen LogP contribution is 2.15. The first kappa shape index (κ1) is 9.36. The van der Waals surface area contributed by atoms with Gasteiger partial charge in [0.25, 0.3) is 0 Å². The fourth-order valence-electron chi connectivity index (χ4n) is 0.352. The second kappa shape index (κ2) is 2.96. The second-order valence-electron chi connectivity index (χ2n) is 1.75. The summed E-state index contributed by atoms with van der Waals surface area (Å²) < 4.78 is 12.6. The number of carboxylic acid groups (broad SMARTS) is 2. The molecule has 2 N–H and O–H groups in total. The maximum Gasteiger partial charge on any atom is 0.354 e. The van der Waals surface area contributed by atoms with Crippen molar-refractivity contribution in [1.82, 2.24) is 0 Å². The van der Waals surface area contributed by atoms with E-state index in [0.29, 0.717) is 0 Å². The van der Waals surface area contributed by atoms with Crippen molar-refractivity contribution in [2.45, 2.75) is 12.1 Å². The molecule has 0 spiro atoms. The minimum absolute atomic E-state index is 1.13. The molecule has 0 bridgehead atoms. The van der Waals surface area contributed by atoms with Crippen LogP contribution in [0.4, 0.5) is 4.39 Å². The largest absolute Gasteiger partial charge is 0.478 e. The van der Waals surface area contributed by atoms with Crippen molar-refractivity contribution in [1.29, 1.82) is 5.26 Å². The van der Waals surface area contributed by atoms with Crippen molar-refractivity contribution in [2.75, 3.05) is 0 Å². The van der Waals surface area contributed by atoms with Crippen molar-refractivity contribution in [3.8, 4) is 6.07 Å². The van der Waals surface area contributed by atoms with E-state index in [-0.39, 0.29) is 0 Å². The van der Waals surface area contributed by atoms with Crippen LogP contribution in [0.5, 0.6) is 0 Å². The lowest BCUT2D eigenvalue weighted by molar-refractivity contribution is -0.166. The Labute approximate surface area is 60.7 Å². The van der Waals surface area contributed by atoms with Crippen LogP contribution in [-0.4, -0.2) is 27.8 Å². The van der Waals surface area contributed by atoms with E-state index < -0.39 is 24.0 Å². The van der Waals surface area contributed by atoms with Crippen molar-refractivity contribution >= 4 is 11.9 Å². The molecule has 0 aromatic rings. The van der Waals surface area contributed by atoms with Crippen LogP contribution < -0.4 is 0 Å². The summed E-state index contributed by atoms with van der Waals surface area (Å²) in [7, 11) is 0. The predicted molar refractivity (Wildman–Crippen MR) is 29.3 cm³/mol. The molecule has 11 heavy (non-hydrogen) atoms. The average molecular weight is 161 g/mol. The first-order valence-corrected chi connectivity index (χ1v) is 2.48. The lowest BCUT2D eigenvalue weighted by Gasteiger charge is -2.09. The van der Waals surface area contributed by atoms with Crippen molar-refractivity contribution in [2.24, 2.45) is 0 Å². The van der Waals surface area contributed by atoms with Crippen LogP contribution in [0.25, 0.3) is 0 Å². The highest BCUT2D eigenvalue weighted by atomic mass is 19.1. The zero-order valence-corrected chi connectivity index (χ0v) is 5.24. The Hall–Kier alpha value is -1.64. The average Bonchev–Trinajstić information content (AvgIpc) is 1.87.